The third kappa shape index (κ3) is 9.98. The maximum absolute atomic E-state index is 11.0. The highest BCUT2D eigenvalue weighted by molar-refractivity contribution is 5.73. The Morgan fingerprint density at radius 1 is 0.870 bits per heavy atom. The van der Waals surface area contributed by atoms with Gasteiger partial charge in [0.2, 0.25) is 0 Å². The van der Waals surface area contributed by atoms with E-state index in [9.17, 15) is 4.79 Å². The number of carboxylic acid groups (broad SMARTS) is 1. The fourth-order valence-corrected chi connectivity index (χ4v) is 2.89. The van der Waals surface area contributed by atoms with E-state index < -0.39 is 5.97 Å². The number of hydrogen-bond donors (Lipinski definition) is 1. The van der Waals surface area contributed by atoms with Gasteiger partial charge < -0.3 is 10.0 Å². The minimum atomic E-state index is -0.763. The summed E-state index contributed by atoms with van der Waals surface area (Å²) in [6, 6.07) is 9.85. The first kappa shape index (κ1) is 19.5. The molecule has 0 aliphatic heterocycles. The lowest BCUT2D eigenvalue weighted by molar-refractivity contribution is -0.135. The van der Waals surface area contributed by atoms with E-state index in [1.807, 2.05) is 35.2 Å². The third-order valence-electron chi connectivity index (χ3n) is 4.23. The van der Waals surface area contributed by atoms with Gasteiger partial charge in [-0.2, -0.15) is 0 Å². The van der Waals surface area contributed by atoms with Crippen LogP contribution in [0.2, 0.25) is 0 Å². The third-order valence-corrected chi connectivity index (χ3v) is 4.23. The molecule has 1 aromatic carbocycles. The zero-order chi connectivity index (χ0) is 16.8. The minimum Gasteiger partial charge on any atom is -0.480 e. The number of carboxylic acids is 1. The summed E-state index contributed by atoms with van der Waals surface area (Å²) in [5.41, 5.74) is 1.01. The summed E-state index contributed by atoms with van der Waals surface area (Å²) in [4.78, 5) is 13.0. The van der Waals surface area contributed by atoms with Crippen LogP contribution in [-0.4, -0.2) is 24.2 Å². The molecule has 1 aromatic rings. The van der Waals surface area contributed by atoms with Crippen LogP contribution in [0.25, 0.3) is 0 Å². The molecule has 0 heterocycles. The van der Waals surface area contributed by atoms with Gasteiger partial charge >= 0.3 is 5.97 Å². The molecule has 0 radical (unpaired) electrons. The lowest BCUT2D eigenvalue weighted by Gasteiger charge is -2.22. The highest BCUT2D eigenvalue weighted by Gasteiger charge is 2.09. The SMILES string of the molecule is CCCCCCCCCCCCN(CC(=O)O)c1ccccc1. The summed E-state index contributed by atoms with van der Waals surface area (Å²) < 4.78 is 0. The monoisotopic (exact) mass is 319 g/mol. The van der Waals surface area contributed by atoms with Crippen molar-refractivity contribution in [2.24, 2.45) is 0 Å². The average Bonchev–Trinajstić information content (AvgIpc) is 2.56. The predicted molar refractivity (Wildman–Crippen MR) is 98.1 cm³/mol. The summed E-state index contributed by atoms with van der Waals surface area (Å²) in [5, 5.41) is 9.06. The summed E-state index contributed by atoms with van der Waals surface area (Å²) in [5.74, 6) is -0.763. The van der Waals surface area contributed by atoms with Crippen molar-refractivity contribution in [1.82, 2.24) is 0 Å². The molecule has 23 heavy (non-hydrogen) atoms. The molecule has 0 spiro atoms. The van der Waals surface area contributed by atoms with Crippen molar-refractivity contribution in [2.45, 2.75) is 71.1 Å². The van der Waals surface area contributed by atoms with Crippen molar-refractivity contribution < 1.29 is 9.90 Å². The Balaban J connectivity index is 2.12. The van der Waals surface area contributed by atoms with Crippen LogP contribution in [0.5, 0.6) is 0 Å². The lowest BCUT2D eigenvalue weighted by atomic mass is 10.1. The van der Waals surface area contributed by atoms with E-state index in [1.54, 1.807) is 0 Å². The topological polar surface area (TPSA) is 40.5 Å². The first-order valence-electron chi connectivity index (χ1n) is 9.26. The van der Waals surface area contributed by atoms with E-state index in [0.29, 0.717) is 0 Å². The number of nitrogens with zero attached hydrogens (tertiary/aromatic N) is 1. The molecule has 1 N–H and O–H groups in total. The molecule has 0 saturated heterocycles. The molecule has 0 amide bonds. The molecule has 0 fully saturated rings. The number of rotatable bonds is 14. The van der Waals surface area contributed by atoms with Crippen LogP contribution in [0.15, 0.2) is 30.3 Å². The van der Waals surface area contributed by atoms with Crippen molar-refractivity contribution in [3.05, 3.63) is 30.3 Å². The summed E-state index contributed by atoms with van der Waals surface area (Å²) in [6.07, 6.45) is 13.0. The van der Waals surface area contributed by atoms with Crippen LogP contribution in [0.4, 0.5) is 5.69 Å². The fourth-order valence-electron chi connectivity index (χ4n) is 2.89. The number of benzene rings is 1. The van der Waals surface area contributed by atoms with E-state index >= 15 is 0 Å². The Labute approximate surface area is 141 Å². The van der Waals surface area contributed by atoms with Gasteiger partial charge in [0.15, 0.2) is 0 Å². The standard InChI is InChI=1S/C20H33NO2/c1-2-3-4-5-6-7-8-9-10-14-17-21(18-20(22)23)19-15-12-11-13-16-19/h11-13,15-16H,2-10,14,17-18H2,1H3,(H,22,23). The Kier molecular flexibility index (Phi) is 11.0. The molecule has 0 aliphatic rings. The van der Waals surface area contributed by atoms with Crippen LogP contribution in [0, 0.1) is 0 Å². The number of unbranched alkanes of at least 4 members (excludes halogenated alkanes) is 9. The molecule has 0 aliphatic carbocycles. The van der Waals surface area contributed by atoms with Gasteiger partial charge in [0.25, 0.3) is 0 Å². The number of carbonyl (C=O) groups is 1. The van der Waals surface area contributed by atoms with Gasteiger partial charge in [-0.15, -0.1) is 0 Å². The molecule has 0 saturated carbocycles. The Bertz CT molecular complexity index is 405. The second-order valence-electron chi connectivity index (χ2n) is 6.33. The lowest BCUT2D eigenvalue weighted by Crippen LogP contribution is -2.30. The number of hydrogen-bond acceptors (Lipinski definition) is 2. The van der Waals surface area contributed by atoms with Gasteiger partial charge in [0.05, 0.1) is 0 Å². The van der Waals surface area contributed by atoms with Gasteiger partial charge in [-0.25, -0.2) is 0 Å². The highest BCUT2D eigenvalue weighted by atomic mass is 16.4. The molecule has 1 rings (SSSR count). The van der Waals surface area contributed by atoms with Crippen molar-refractivity contribution in [3.8, 4) is 0 Å². The van der Waals surface area contributed by atoms with Crippen LogP contribution in [-0.2, 0) is 4.79 Å². The van der Waals surface area contributed by atoms with Crippen LogP contribution in [0.1, 0.15) is 71.1 Å². The van der Waals surface area contributed by atoms with E-state index in [1.165, 1.54) is 57.8 Å². The highest BCUT2D eigenvalue weighted by Crippen LogP contribution is 2.15. The van der Waals surface area contributed by atoms with Gasteiger partial charge in [0.1, 0.15) is 6.54 Å². The molecule has 3 nitrogen and oxygen atoms in total. The van der Waals surface area contributed by atoms with E-state index in [-0.39, 0.29) is 6.54 Å². The zero-order valence-electron chi connectivity index (χ0n) is 14.7. The Hall–Kier alpha value is -1.51. The molecular weight excluding hydrogens is 286 g/mol. The number of para-hydroxylation sites is 1. The summed E-state index contributed by atoms with van der Waals surface area (Å²) >= 11 is 0. The second kappa shape index (κ2) is 13.0. The first-order chi connectivity index (χ1) is 11.2. The van der Waals surface area contributed by atoms with Crippen LogP contribution < -0.4 is 4.90 Å². The quantitative estimate of drug-likeness (QED) is 0.460. The molecule has 0 unspecified atom stereocenters. The van der Waals surface area contributed by atoms with Crippen molar-refractivity contribution in [3.63, 3.8) is 0 Å². The van der Waals surface area contributed by atoms with Crippen molar-refractivity contribution in [1.29, 1.82) is 0 Å². The van der Waals surface area contributed by atoms with Crippen molar-refractivity contribution >= 4 is 11.7 Å². The molecule has 130 valence electrons. The number of anilines is 1. The second-order valence-corrected chi connectivity index (χ2v) is 6.33. The summed E-state index contributed by atoms with van der Waals surface area (Å²) in [6.45, 7) is 3.16. The smallest absolute Gasteiger partial charge is 0.323 e. The predicted octanol–water partition coefficient (Wildman–Crippen LogP) is 5.50. The first-order valence-corrected chi connectivity index (χ1v) is 9.26. The molecule has 0 atom stereocenters. The molecule has 0 aromatic heterocycles. The molecule has 0 bridgehead atoms. The van der Waals surface area contributed by atoms with Crippen LogP contribution >= 0.6 is 0 Å². The van der Waals surface area contributed by atoms with Gasteiger partial charge in [-0.05, 0) is 18.6 Å². The maximum Gasteiger partial charge on any atom is 0.323 e. The van der Waals surface area contributed by atoms with Crippen molar-refractivity contribution in [2.75, 3.05) is 18.0 Å². The van der Waals surface area contributed by atoms with Crippen LogP contribution in [0.3, 0.4) is 0 Å². The molecule has 3 heteroatoms. The van der Waals surface area contributed by atoms with Gasteiger partial charge in [-0.1, -0.05) is 82.9 Å². The number of aliphatic carboxylic acids is 1. The largest absolute Gasteiger partial charge is 0.480 e. The van der Waals surface area contributed by atoms with E-state index in [2.05, 4.69) is 6.92 Å². The minimum absolute atomic E-state index is 0.0848. The normalized spacial score (nSPS) is 10.7. The fraction of sp³-hybridized carbons (Fsp3) is 0.650. The molecular formula is C20H33NO2. The average molecular weight is 319 g/mol. The zero-order valence-corrected chi connectivity index (χ0v) is 14.7. The van der Waals surface area contributed by atoms with E-state index in [4.69, 9.17) is 5.11 Å². The van der Waals surface area contributed by atoms with Gasteiger partial charge in [-0.3, -0.25) is 4.79 Å². The maximum atomic E-state index is 11.0. The summed E-state index contributed by atoms with van der Waals surface area (Å²) in [7, 11) is 0. The Morgan fingerprint density at radius 3 is 1.91 bits per heavy atom. The Morgan fingerprint density at radius 2 is 1.39 bits per heavy atom. The van der Waals surface area contributed by atoms with E-state index in [0.717, 1.165) is 18.7 Å². The van der Waals surface area contributed by atoms with Gasteiger partial charge in [0, 0.05) is 12.2 Å².